The molecule has 0 aromatic heterocycles. The largest absolute Gasteiger partial charge is 0.419 e. The van der Waals surface area contributed by atoms with Gasteiger partial charge in [-0.3, -0.25) is 4.99 Å². The first-order valence-corrected chi connectivity index (χ1v) is 11.2. The van der Waals surface area contributed by atoms with Gasteiger partial charge in [-0.25, -0.2) is 0 Å². The summed E-state index contributed by atoms with van der Waals surface area (Å²) < 4.78 is 5.50. The number of anilines is 2. The van der Waals surface area contributed by atoms with E-state index in [1.54, 1.807) is 13.3 Å². The van der Waals surface area contributed by atoms with E-state index in [4.69, 9.17) is 4.52 Å². The third-order valence-electron chi connectivity index (χ3n) is 4.32. The molecule has 1 aliphatic rings. The number of hydrogen-bond donors (Lipinski definition) is 2. The van der Waals surface area contributed by atoms with Gasteiger partial charge < -0.3 is 19.2 Å². The second kappa shape index (κ2) is 10.4. The number of rotatable bonds is 7. The standard InChI is InChI=1S/C22H23N2O3PS/c1-3-24-19-13-7-5-11-17(19)21(18-12-6-8-14-20(18)24)22(27-28(25)26)29-16-10-4-9-15-23-2/h4-16,25-26H,3H2,1-2H3/b9-4-,16-10+,23-15?. The first kappa shape index (κ1) is 21.3. The summed E-state index contributed by atoms with van der Waals surface area (Å²) >= 11 is 1.31. The molecule has 0 fully saturated rings. The van der Waals surface area contributed by atoms with Gasteiger partial charge in [-0.05, 0) is 30.5 Å². The summed E-state index contributed by atoms with van der Waals surface area (Å²) in [7, 11) is -0.844. The van der Waals surface area contributed by atoms with Gasteiger partial charge in [0.15, 0.2) is 5.09 Å². The van der Waals surface area contributed by atoms with Crippen LogP contribution in [0.3, 0.4) is 0 Å². The topological polar surface area (TPSA) is 65.3 Å². The van der Waals surface area contributed by atoms with E-state index in [-0.39, 0.29) is 0 Å². The van der Waals surface area contributed by atoms with Crippen molar-refractivity contribution in [3.63, 3.8) is 0 Å². The van der Waals surface area contributed by atoms with E-state index in [0.717, 1.165) is 34.6 Å². The molecule has 7 heteroatoms. The summed E-state index contributed by atoms with van der Waals surface area (Å²) in [5.74, 6) is 0. The van der Waals surface area contributed by atoms with Crippen LogP contribution < -0.4 is 4.90 Å². The van der Waals surface area contributed by atoms with E-state index in [2.05, 4.69) is 28.9 Å². The highest BCUT2D eigenvalue weighted by molar-refractivity contribution is 8.05. The third-order valence-corrected chi connectivity index (χ3v) is 5.59. The van der Waals surface area contributed by atoms with Crippen LogP contribution in [0.5, 0.6) is 0 Å². The average Bonchev–Trinajstić information content (AvgIpc) is 2.73. The minimum absolute atomic E-state index is 0.450. The van der Waals surface area contributed by atoms with E-state index in [0.29, 0.717) is 5.09 Å². The van der Waals surface area contributed by atoms with E-state index in [1.807, 2.05) is 60.0 Å². The molecule has 0 atom stereocenters. The van der Waals surface area contributed by atoms with Crippen LogP contribution >= 0.6 is 20.4 Å². The number of aliphatic imine (C=N–C) groups is 1. The Hall–Kier alpha value is -2.37. The Labute approximate surface area is 176 Å². The van der Waals surface area contributed by atoms with Crippen molar-refractivity contribution in [2.45, 2.75) is 6.92 Å². The van der Waals surface area contributed by atoms with Crippen LogP contribution in [-0.2, 0) is 4.52 Å². The highest BCUT2D eigenvalue weighted by Gasteiger charge is 2.28. The molecule has 150 valence electrons. The maximum atomic E-state index is 9.60. The molecule has 0 amide bonds. The van der Waals surface area contributed by atoms with Gasteiger partial charge >= 0.3 is 8.60 Å². The SMILES string of the molecule is CCN1c2ccccc2C(=C(OP(O)O)S/C=C/C=C\C=NC)c2ccccc21. The Morgan fingerprint density at radius 3 is 2.21 bits per heavy atom. The van der Waals surface area contributed by atoms with Crippen molar-refractivity contribution in [2.24, 2.45) is 4.99 Å². The number of nitrogens with zero attached hydrogens (tertiary/aromatic N) is 2. The fraction of sp³-hybridized carbons (Fsp3) is 0.136. The Kier molecular flexibility index (Phi) is 7.67. The summed E-state index contributed by atoms with van der Waals surface area (Å²) in [4.78, 5) is 25.4. The molecule has 0 spiro atoms. The minimum atomic E-state index is -2.55. The highest BCUT2D eigenvalue weighted by atomic mass is 32.2. The van der Waals surface area contributed by atoms with Crippen molar-refractivity contribution >= 4 is 43.5 Å². The van der Waals surface area contributed by atoms with Gasteiger partial charge in [0.2, 0.25) is 0 Å². The molecule has 0 aliphatic carbocycles. The number of fused-ring (bicyclic) bond motifs is 2. The number of thioether (sulfide) groups is 1. The maximum Gasteiger partial charge on any atom is 0.392 e. The van der Waals surface area contributed by atoms with Crippen LogP contribution in [-0.4, -0.2) is 29.6 Å². The molecule has 1 aliphatic heterocycles. The zero-order chi connectivity index (χ0) is 20.6. The van der Waals surface area contributed by atoms with Gasteiger partial charge in [0.25, 0.3) is 0 Å². The van der Waals surface area contributed by atoms with Gasteiger partial charge in [-0.1, -0.05) is 60.3 Å². The van der Waals surface area contributed by atoms with Crippen molar-refractivity contribution in [2.75, 3.05) is 18.5 Å². The fourth-order valence-corrected chi connectivity index (χ4v) is 4.47. The molecule has 29 heavy (non-hydrogen) atoms. The summed E-state index contributed by atoms with van der Waals surface area (Å²) in [5, 5.41) is 2.30. The van der Waals surface area contributed by atoms with E-state index >= 15 is 0 Å². The smallest absolute Gasteiger partial charge is 0.392 e. The first-order valence-electron chi connectivity index (χ1n) is 9.14. The second-order valence-corrected chi connectivity index (χ2v) is 7.59. The second-order valence-electron chi connectivity index (χ2n) is 6.02. The lowest BCUT2D eigenvalue weighted by atomic mass is 9.91. The van der Waals surface area contributed by atoms with Crippen LogP contribution in [0.4, 0.5) is 11.4 Å². The molecule has 0 unspecified atom stereocenters. The van der Waals surface area contributed by atoms with Gasteiger partial charge in [0, 0.05) is 47.9 Å². The zero-order valence-corrected chi connectivity index (χ0v) is 18.0. The van der Waals surface area contributed by atoms with Gasteiger partial charge in [0.05, 0.1) is 0 Å². The molecule has 0 radical (unpaired) electrons. The summed E-state index contributed by atoms with van der Waals surface area (Å²) in [6, 6.07) is 16.2. The van der Waals surface area contributed by atoms with E-state index < -0.39 is 8.60 Å². The summed E-state index contributed by atoms with van der Waals surface area (Å²) in [6.45, 7) is 2.94. The molecule has 0 bridgehead atoms. The van der Waals surface area contributed by atoms with Gasteiger partial charge in [0.1, 0.15) is 0 Å². The van der Waals surface area contributed by atoms with E-state index in [9.17, 15) is 9.79 Å². The molecule has 3 rings (SSSR count). The van der Waals surface area contributed by atoms with Crippen molar-refractivity contribution < 1.29 is 14.3 Å². The Bertz CT molecular complexity index is 921. The minimum Gasteiger partial charge on any atom is -0.419 e. The normalized spacial score (nSPS) is 13.6. The van der Waals surface area contributed by atoms with Crippen LogP contribution in [0, 0.1) is 0 Å². The molecule has 0 saturated heterocycles. The maximum absolute atomic E-state index is 9.60. The van der Waals surface area contributed by atoms with E-state index in [1.165, 1.54) is 11.8 Å². The molecular formula is C22H23N2O3PS. The Morgan fingerprint density at radius 2 is 1.66 bits per heavy atom. The number of allylic oxidation sites excluding steroid dienone is 3. The van der Waals surface area contributed by atoms with Crippen molar-refractivity contribution in [3.05, 3.63) is 88.4 Å². The summed E-state index contributed by atoms with van der Waals surface area (Å²) in [5.41, 5.74) is 4.97. The van der Waals surface area contributed by atoms with Crippen molar-refractivity contribution in [3.8, 4) is 0 Å². The van der Waals surface area contributed by atoms with Crippen LogP contribution in [0.25, 0.3) is 5.57 Å². The molecule has 0 saturated carbocycles. The van der Waals surface area contributed by atoms with Gasteiger partial charge in [-0.15, -0.1) is 0 Å². The van der Waals surface area contributed by atoms with Crippen molar-refractivity contribution in [1.82, 2.24) is 0 Å². The van der Waals surface area contributed by atoms with Gasteiger partial charge in [-0.2, -0.15) is 0 Å². The average molecular weight is 426 g/mol. The molecule has 5 nitrogen and oxygen atoms in total. The highest BCUT2D eigenvalue weighted by Crippen LogP contribution is 2.49. The lowest BCUT2D eigenvalue weighted by Gasteiger charge is -2.34. The zero-order valence-electron chi connectivity index (χ0n) is 16.3. The molecule has 2 N–H and O–H groups in total. The van der Waals surface area contributed by atoms with Crippen molar-refractivity contribution in [1.29, 1.82) is 0 Å². The number of benzene rings is 2. The van der Waals surface area contributed by atoms with Crippen LogP contribution in [0.15, 0.2) is 82.3 Å². The number of hydrogen-bond acceptors (Lipinski definition) is 6. The lowest BCUT2D eigenvalue weighted by Crippen LogP contribution is -2.22. The molecule has 2 aromatic carbocycles. The molecular weight excluding hydrogens is 403 g/mol. The first-order chi connectivity index (χ1) is 14.2. The predicted octanol–water partition coefficient (Wildman–Crippen LogP) is 5.61. The third kappa shape index (κ3) is 4.98. The fourth-order valence-electron chi connectivity index (χ4n) is 3.22. The van der Waals surface area contributed by atoms with Crippen LogP contribution in [0.1, 0.15) is 18.1 Å². The quantitative estimate of drug-likeness (QED) is 0.261. The molecule has 1 heterocycles. The number of para-hydroxylation sites is 2. The summed E-state index contributed by atoms with van der Waals surface area (Å²) in [6.07, 6.45) is 7.22. The Morgan fingerprint density at radius 1 is 1.03 bits per heavy atom. The lowest BCUT2D eigenvalue weighted by molar-refractivity contribution is 0.337. The van der Waals surface area contributed by atoms with Crippen LogP contribution in [0.2, 0.25) is 0 Å². The monoisotopic (exact) mass is 426 g/mol. The molecule has 2 aromatic rings. The Balaban J connectivity index is 2.14. The predicted molar refractivity (Wildman–Crippen MR) is 124 cm³/mol.